The van der Waals surface area contributed by atoms with E-state index in [4.69, 9.17) is 0 Å². The van der Waals surface area contributed by atoms with Crippen molar-refractivity contribution in [1.29, 1.82) is 0 Å². The van der Waals surface area contributed by atoms with E-state index in [1.807, 2.05) is 6.07 Å². The van der Waals surface area contributed by atoms with E-state index in [1.165, 1.54) is 44.3 Å². The van der Waals surface area contributed by atoms with Crippen molar-refractivity contribution >= 4 is 0 Å². The van der Waals surface area contributed by atoms with Gasteiger partial charge in [-0.15, -0.1) is 0 Å². The molecule has 3 rings (SSSR count). The molecule has 1 aliphatic heterocycles. The summed E-state index contributed by atoms with van der Waals surface area (Å²) in [6.07, 6.45) is 5.30. The summed E-state index contributed by atoms with van der Waals surface area (Å²) in [6.45, 7) is 7.45. The van der Waals surface area contributed by atoms with Gasteiger partial charge in [0.05, 0.1) is 5.69 Å². The molecule has 1 N–H and O–H groups in total. The maximum atomic E-state index is 11.9. The fraction of sp³-hybridized carbons (Fsp3) is 0.500. The molecule has 0 spiro atoms. The molecule has 0 radical (unpaired) electrons. The number of nitrogens with zero attached hydrogens (tertiary/aromatic N) is 2. The highest BCUT2D eigenvalue weighted by Crippen LogP contribution is 2.20. The number of hydrogen-bond donors (Lipinski definition) is 1. The van der Waals surface area contributed by atoms with Gasteiger partial charge >= 0.3 is 0 Å². The van der Waals surface area contributed by atoms with Crippen LogP contribution in [0.5, 0.6) is 0 Å². The number of hydrogen-bond acceptors (Lipinski definition) is 3. The van der Waals surface area contributed by atoms with Crippen LogP contribution in [0.15, 0.2) is 35.1 Å². The Morgan fingerprint density at radius 3 is 2.58 bits per heavy atom. The first-order valence-corrected chi connectivity index (χ1v) is 9.05. The maximum Gasteiger partial charge on any atom is 0.251 e. The van der Waals surface area contributed by atoms with E-state index in [1.54, 1.807) is 6.07 Å². The first kappa shape index (κ1) is 16.9. The van der Waals surface area contributed by atoms with Crippen molar-refractivity contribution in [2.75, 3.05) is 13.1 Å². The van der Waals surface area contributed by atoms with Crippen molar-refractivity contribution in [1.82, 2.24) is 14.9 Å². The topological polar surface area (TPSA) is 49.0 Å². The van der Waals surface area contributed by atoms with Gasteiger partial charge < -0.3 is 4.98 Å². The lowest BCUT2D eigenvalue weighted by molar-refractivity contribution is 0.277. The minimum absolute atomic E-state index is 0.0818. The second-order valence-corrected chi connectivity index (χ2v) is 7.06. The third-order valence-electron chi connectivity index (χ3n) is 4.66. The van der Waals surface area contributed by atoms with Crippen LogP contribution in [-0.4, -0.2) is 28.0 Å². The molecule has 0 aliphatic carbocycles. The number of nitrogens with one attached hydrogen (secondary N) is 1. The second-order valence-electron chi connectivity index (χ2n) is 7.06. The van der Waals surface area contributed by atoms with Gasteiger partial charge in [-0.1, -0.05) is 44.9 Å². The van der Waals surface area contributed by atoms with Gasteiger partial charge in [-0.3, -0.25) is 9.69 Å². The lowest BCUT2D eigenvalue weighted by Crippen LogP contribution is -2.23. The Kier molecular flexibility index (Phi) is 5.46. The number of benzene rings is 1. The van der Waals surface area contributed by atoms with Gasteiger partial charge in [-0.25, -0.2) is 4.98 Å². The van der Waals surface area contributed by atoms with Crippen LogP contribution < -0.4 is 5.56 Å². The van der Waals surface area contributed by atoms with E-state index in [0.29, 0.717) is 5.82 Å². The second kappa shape index (κ2) is 7.75. The molecule has 0 atom stereocenters. The Labute approximate surface area is 143 Å². The Balaban J connectivity index is 1.83. The minimum Gasteiger partial charge on any atom is -0.307 e. The normalized spacial score (nSPS) is 16.3. The first-order chi connectivity index (χ1) is 11.6. The number of H-pyrrole nitrogens is 1. The Bertz CT molecular complexity index is 728. The number of aromatic amines is 1. The molecule has 128 valence electrons. The smallest absolute Gasteiger partial charge is 0.251 e. The molecule has 4 nitrogen and oxygen atoms in total. The van der Waals surface area contributed by atoms with Crippen LogP contribution in [0.3, 0.4) is 0 Å². The number of aromatic nitrogens is 2. The summed E-state index contributed by atoms with van der Waals surface area (Å²) in [7, 11) is 0. The van der Waals surface area contributed by atoms with E-state index < -0.39 is 0 Å². The highest BCUT2D eigenvalue weighted by molar-refractivity contribution is 5.56. The Morgan fingerprint density at radius 1 is 1.12 bits per heavy atom. The molecule has 1 fully saturated rings. The van der Waals surface area contributed by atoms with Gasteiger partial charge in [0.15, 0.2) is 0 Å². The van der Waals surface area contributed by atoms with E-state index >= 15 is 0 Å². The molecule has 0 saturated carbocycles. The van der Waals surface area contributed by atoms with E-state index in [-0.39, 0.29) is 11.5 Å². The van der Waals surface area contributed by atoms with Crippen LogP contribution in [0, 0.1) is 0 Å². The highest BCUT2D eigenvalue weighted by atomic mass is 16.1. The minimum atomic E-state index is -0.0818. The standard InChI is InChI=1S/C20H27N3O/c1-15(2)18-13-19(24)22-20(21-18)17-9-7-8-16(12-17)14-23-10-5-3-4-6-11-23/h7-9,12-13,15H,3-6,10-11,14H2,1-2H3,(H,21,22,24). The molecule has 4 heteroatoms. The molecule has 24 heavy (non-hydrogen) atoms. The summed E-state index contributed by atoms with van der Waals surface area (Å²) in [6, 6.07) is 10.0. The summed E-state index contributed by atoms with van der Waals surface area (Å²) in [5.41, 5.74) is 3.03. The first-order valence-electron chi connectivity index (χ1n) is 9.05. The quantitative estimate of drug-likeness (QED) is 0.926. The van der Waals surface area contributed by atoms with E-state index in [0.717, 1.165) is 17.8 Å². The van der Waals surface area contributed by atoms with Crippen molar-refractivity contribution in [3.63, 3.8) is 0 Å². The van der Waals surface area contributed by atoms with Crippen LogP contribution >= 0.6 is 0 Å². The molecule has 1 saturated heterocycles. The van der Waals surface area contributed by atoms with Gasteiger partial charge in [0.2, 0.25) is 0 Å². The van der Waals surface area contributed by atoms with Crippen molar-refractivity contribution < 1.29 is 0 Å². The summed E-state index contributed by atoms with van der Waals surface area (Å²) < 4.78 is 0. The van der Waals surface area contributed by atoms with E-state index in [9.17, 15) is 4.79 Å². The molecule has 1 aliphatic rings. The molecular formula is C20H27N3O. The summed E-state index contributed by atoms with van der Waals surface area (Å²) in [4.78, 5) is 22.0. The lowest BCUT2D eigenvalue weighted by Gasteiger charge is -2.20. The fourth-order valence-electron chi connectivity index (χ4n) is 3.28. The molecule has 1 aromatic carbocycles. The third kappa shape index (κ3) is 4.32. The number of likely N-dealkylation sites (tertiary alicyclic amines) is 1. The summed E-state index contributed by atoms with van der Waals surface area (Å²) in [5, 5.41) is 0. The van der Waals surface area contributed by atoms with Crippen molar-refractivity contribution in [3.8, 4) is 11.4 Å². The monoisotopic (exact) mass is 325 g/mol. The summed E-state index contributed by atoms with van der Waals surface area (Å²) >= 11 is 0. The van der Waals surface area contributed by atoms with Crippen molar-refractivity contribution in [3.05, 3.63) is 51.9 Å². The van der Waals surface area contributed by atoms with Gasteiger partial charge in [-0.2, -0.15) is 0 Å². The van der Waals surface area contributed by atoms with Gasteiger partial charge in [-0.05, 0) is 43.5 Å². The predicted molar refractivity (Wildman–Crippen MR) is 98.1 cm³/mol. The van der Waals surface area contributed by atoms with Crippen LogP contribution in [0.2, 0.25) is 0 Å². The van der Waals surface area contributed by atoms with Crippen LogP contribution in [0.1, 0.15) is 56.7 Å². The van der Waals surface area contributed by atoms with Gasteiger partial charge in [0.1, 0.15) is 5.82 Å². The molecule has 0 bridgehead atoms. The SMILES string of the molecule is CC(C)c1cc(=O)[nH]c(-c2cccc(CN3CCCCCC3)c2)n1. The Morgan fingerprint density at radius 2 is 1.88 bits per heavy atom. The van der Waals surface area contributed by atoms with Crippen LogP contribution in [0.25, 0.3) is 11.4 Å². The van der Waals surface area contributed by atoms with Crippen molar-refractivity contribution in [2.45, 2.75) is 52.0 Å². The van der Waals surface area contributed by atoms with Crippen LogP contribution in [-0.2, 0) is 6.54 Å². The highest BCUT2D eigenvalue weighted by Gasteiger charge is 2.11. The molecule has 1 aromatic heterocycles. The Hall–Kier alpha value is -1.94. The zero-order chi connectivity index (χ0) is 16.9. The van der Waals surface area contributed by atoms with E-state index in [2.05, 4.69) is 46.9 Å². The van der Waals surface area contributed by atoms with Crippen LogP contribution in [0.4, 0.5) is 0 Å². The van der Waals surface area contributed by atoms with Gasteiger partial charge in [0, 0.05) is 18.2 Å². The molecule has 2 aromatic rings. The molecule has 2 heterocycles. The average Bonchev–Trinajstić information content (AvgIpc) is 2.83. The largest absolute Gasteiger partial charge is 0.307 e. The average molecular weight is 325 g/mol. The molecular weight excluding hydrogens is 298 g/mol. The van der Waals surface area contributed by atoms with Crippen molar-refractivity contribution in [2.24, 2.45) is 0 Å². The predicted octanol–water partition coefficient (Wildman–Crippen LogP) is 3.94. The zero-order valence-electron chi connectivity index (χ0n) is 14.7. The maximum absolute atomic E-state index is 11.9. The number of rotatable bonds is 4. The lowest BCUT2D eigenvalue weighted by atomic mass is 10.1. The molecule has 0 unspecified atom stereocenters. The zero-order valence-corrected chi connectivity index (χ0v) is 14.7. The third-order valence-corrected chi connectivity index (χ3v) is 4.66. The molecule has 0 amide bonds. The van der Waals surface area contributed by atoms with Gasteiger partial charge in [0.25, 0.3) is 5.56 Å². The fourth-order valence-corrected chi connectivity index (χ4v) is 3.28. The summed E-state index contributed by atoms with van der Waals surface area (Å²) in [5.74, 6) is 0.912.